The second kappa shape index (κ2) is 6.74. The minimum atomic E-state index is -0.342. The van der Waals surface area contributed by atoms with Crippen molar-refractivity contribution in [2.45, 2.75) is 47.0 Å². The first kappa shape index (κ1) is 22.7. The molecule has 0 fully saturated rings. The van der Waals surface area contributed by atoms with Crippen molar-refractivity contribution in [2.24, 2.45) is 0 Å². The first-order valence-electron chi connectivity index (χ1n) is 10.9. The number of aromatic nitrogens is 1. The van der Waals surface area contributed by atoms with Gasteiger partial charge in [-0.05, 0) is 42.7 Å². The van der Waals surface area contributed by atoms with Crippen LogP contribution in [0.3, 0.4) is 0 Å². The normalized spacial score (nSPS) is 12.8. The van der Waals surface area contributed by atoms with Crippen molar-refractivity contribution in [1.29, 1.82) is 0 Å². The Kier molecular flexibility index (Phi) is 4.64. The van der Waals surface area contributed by atoms with E-state index in [-0.39, 0.29) is 5.41 Å². The molecule has 0 atom stereocenters. The van der Waals surface area contributed by atoms with E-state index in [1.807, 2.05) is 20.8 Å². The fourth-order valence-electron chi connectivity index (χ4n) is 5.68. The molecule has 0 N–H and O–H groups in total. The minimum Gasteiger partial charge on any atom is -0.309 e. The van der Waals surface area contributed by atoms with Gasteiger partial charge in [0.1, 0.15) is 54.9 Å². The van der Waals surface area contributed by atoms with E-state index in [4.69, 9.17) is 54.9 Å². The van der Waals surface area contributed by atoms with E-state index in [9.17, 15) is 0 Å². The van der Waals surface area contributed by atoms with Gasteiger partial charge in [0.15, 0.2) is 0 Å². The highest BCUT2D eigenvalue weighted by Gasteiger charge is 2.29. The van der Waals surface area contributed by atoms with Gasteiger partial charge in [0.05, 0.1) is 5.52 Å². The van der Waals surface area contributed by atoms with E-state index in [1.165, 1.54) is 0 Å². The Morgan fingerprint density at radius 1 is 0.455 bits per heavy atom. The fourth-order valence-corrected chi connectivity index (χ4v) is 5.68. The Hall–Kier alpha value is -2.09. The van der Waals surface area contributed by atoms with Crippen molar-refractivity contribution in [2.75, 3.05) is 0 Å². The number of aryl methyl sites for hydroxylation is 2. The van der Waals surface area contributed by atoms with Crippen LogP contribution in [0.4, 0.5) is 0 Å². The van der Waals surface area contributed by atoms with Gasteiger partial charge in [-0.1, -0.05) is 70.1 Å². The average molecular weight is 408 g/mol. The van der Waals surface area contributed by atoms with Crippen LogP contribution in [0.2, 0.25) is 0 Å². The van der Waals surface area contributed by atoms with Crippen molar-refractivity contribution in [1.82, 2.24) is 4.40 Å². The standard InChI is InChI=1S/C25H18B7N/c1-7-8(2)15(26)21(32)23-10(7)11-9(3)16(27)17(28)12-13-18(29)19(30)14(25(4,5)6)20(31)24(13)33(23)22(11)12/h1-6H3. The third-order valence-corrected chi connectivity index (χ3v) is 7.45. The summed E-state index contributed by atoms with van der Waals surface area (Å²) in [5.41, 5.74) is 9.16. The number of rotatable bonds is 0. The topological polar surface area (TPSA) is 4.41 Å². The van der Waals surface area contributed by atoms with Gasteiger partial charge in [-0.2, -0.15) is 0 Å². The van der Waals surface area contributed by atoms with Gasteiger partial charge >= 0.3 is 0 Å². The Bertz CT molecular complexity index is 1690. The van der Waals surface area contributed by atoms with Crippen molar-refractivity contribution in [3.63, 3.8) is 0 Å². The zero-order valence-electron chi connectivity index (χ0n) is 20.0. The molecule has 0 aliphatic rings. The molecule has 0 spiro atoms. The molecule has 33 heavy (non-hydrogen) atoms. The first-order valence-corrected chi connectivity index (χ1v) is 10.9. The summed E-state index contributed by atoms with van der Waals surface area (Å²) < 4.78 is 2.07. The maximum atomic E-state index is 6.88. The fraction of sp³-hybridized carbons (Fsp3) is 0.280. The van der Waals surface area contributed by atoms with Crippen LogP contribution in [-0.4, -0.2) is 59.3 Å². The summed E-state index contributed by atoms with van der Waals surface area (Å²) in [6.45, 7) is 12.2. The zero-order chi connectivity index (χ0) is 24.5. The smallest absolute Gasteiger partial charge is 0.117 e. The van der Waals surface area contributed by atoms with E-state index < -0.39 is 0 Å². The lowest BCUT2D eigenvalue weighted by atomic mass is 9.64. The van der Waals surface area contributed by atoms with Crippen LogP contribution in [0.1, 0.15) is 43.0 Å². The number of hydrogen-bond acceptors (Lipinski definition) is 0. The summed E-state index contributed by atoms with van der Waals surface area (Å²) in [7, 11) is 46.4. The maximum Gasteiger partial charge on any atom is 0.117 e. The second-order valence-corrected chi connectivity index (χ2v) is 10.3. The van der Waals surface area contributed by atoms with Crippen molar-refractivity contribution in [3.05, 3.63) is 22.3 Å². The molecule has 5 aromatic rings. The average Bonchev–Trinajstić information content (AvgIpc) is 3.25. The van der Waals surface area contributed by atoms with E-state index in [0.29, 0.717) is 43.6 Å². The molecule has 5 rings (SSSR count). The summed E-state index contributed by atoms with van der Waals surface area (Å²) in [4.78, 5) is 0. The predicted octanol–water partition coefficient (Wildman–Crippen LogP) is -1.38. The molecule has 2 aromatic heterocycles. The summed E-state index contributed by atoms with van der Waals surface area (Å²) in [5, 5.41) is 3.41. The van der Waals surface area contributed by atoms with E-state index in [0.717, 1.165) is 55.0 Å². The highest BCUT2D eigenvalue weighted by molar-refractivity contribution is 6.63. The van der Waals surface area contributed by atoms with E-state index in [1.54, 1.807) is 0 Å². The third-order valence-electron chi connectivity index (χ3n) is 7.45. The molecular formula is C25H18B7N. The van der Waals surface area contributed by atoms with Crippen molar-refractivity contribution >= 4 is 131 Å². The summed E-state index contributed by atoms with van der Waals surface area (Å²) >= 11 is 0. The molecule has 0 saturated heterocycles. The lowest BCUT2D eigenvalue weighted by molar-refractivity contribution is 0.598. The van der Waals surface area contributed by atoms with Crippen LogP contribution in [0.5, 0.6) is 0 Å². The van der Waals surface area contributed by atoms with Gasteiger partial charge in [-0.15, -0.1) is 0 Å². The van der Waals surface area contributed by atoms with Crippen LogP contribution in [0.25, 0.3) is 38.1 Å². The van der Waals surface area contributed by atoms with Crippen LogP contribution in [0.15, 0.2) is 0 Å². The molecule has 0 aliphatic carbocycles. The molecule has 2 heterocycles. The minimum absolute atomic E-state index is 0.342. The van der Waals surface area contributed by atoms with Crippen LogP contribution < -0.4 is 38.2 Å². The molecule has 14 radical (unpaired) electrons. The lowest BCUT2D eigenvalue weighted by Gasteiger charge is -2.28. The van der Waals surface area contributed by atoms with E-state index >= 15 is 0 Å². The lowest BCUT2D eigenvalue weighted by Crippen LogP contribution is -2.42. The van der Waals surface area contributed by atoms with Gasteiger partial charge in [0, 0.05) is 27.2 Å². The third kappa shape index (κ3) is 2.53. The van der Waals surface area contributed by atoms with Crippen molar-refractivity contribution < 1.29 is 0 Å². The summed E-state index contributed by atoms with van der Waals surface area (Å²) in [5.74, 6) is 0. The zero-order valence-corrected chi connectivity index (χ0v) is 20.0. The SMILES string of the molecule is [B]c1c(C(C)(C)C)c([B])c2c(c1[B])c1c([B])c([B])c(C)c3c4c(C)c(C)c([B])c([B])c4n2c13. The number of fused-ring (bicyclic) bond motifs is 6. The maximum absolute atomic E-state index is 6.88. The molecule has 1 nitrogen and oxygen atoms in total. The molecule has 0 saturated carbocycles. The van der Waals surface area contributed by atoms with Gasteiger partial charge in [0.25, 0.3) is 0 Å². The summed E-state index contributed by atoms with van der Waals surface area (Å²) in [6, 6.07) is 0. The van der Waals surface area contributed by atoms with Gasteiger partial charge < -0.3 is 4.40 Å². The van der Waals surface area contributed by atoms with Crippen LogP contribution in [-0.2, 0) is 5.41 Å². The molecule has 0 aliphatic heterocycles. The predicted molar refractivity (Wildman–Crippen MR) is 152 cm³/mol. The second-order valence-electron chi connectivity index (χ2n) is 10.3. The number of hydrogen-bond donors (Lipinski definition) is 0. The Morgan fingerprint density at radius 2 is 0.909 bits per heavy atom. The Morgan fingerprint density at radius 3 is 1.48 bits per heavy atom. The quantitative estimate of drug-likeness (QED) is 0.279. The van der Waals surface area contributed by atoms with Gasteiger partial charge in [0.2, 0.25) is 0 Å². The van der Waals surface area contributed by atoms with Crippen LogP contribution in [0, 0.1) is 20.8 Å². The van der Waals surface area contributed by atoms with Gasteiger partial charge in [-0.25, -0.2) is 0 Å². The largest absolute Gasteiger partial charge is 0.309 e. The molecule has 0 amide bonds. The Balaban J connectivity index is 2.33. The summed E-state index contributed by atoms with van der Waals surface area (Å²) in [6.07, 6.45) is 0. The first-order chi connectivity index (χ1) is 15.2. The number of benzene rings is 3. The molecule has 8 heteroatoms. The highest BCUT2D eigenvalue weighted by Crippen LogP contribution is 2.39. The molecule has 3 aromatic carbocycles. The van der Waals surface area contributed by atoms with E-state index in [2.05, 4.69) is 25.2 Å². The molecular weight excluding hydrogens is 390 g/mol. The molecule has 144 valence electrons. The molecule has 0 bridgehead atoms. The highest BCUT2D eigenvalue weighted by atomic mass is 14.9. The van der Waals surface area contributed by atoms with Gasteiger partial charge in [-0.3, -0.25) is 0 Å². The van der Waals surface area contributed by atoms with Crippen molar-refractivity contribution in [3.8, 4) is 0 Å². The molecule has 0 unspecified atom stereocenters. The Labute approximate surface area is 204 Å². The number of nitrogens with zero attached hydrogens (tertiary/aromatic N) is 1. The van der Waals surface area contributed by atoms with Crippen LogP contribution >= 0.6 is 0 Å². The monoisotopic (exact) mass is 409 g/mol.